The zero-order chi connectivity index (χ0) is 13.1. The second-order valence-electron chi connectivity index (χ2n) is 4.50. The summed E-state index contributed by atoms with van der Waals surface area (Å²) in [6, 6.07) is 3.67. The van der Waals surface area contributed by atoms with E-state index in [1.807, 2.05) is 0 Å². The average molecular weight is 318 g/mol. The number of rotatable bonds is 3. The Kier molecular flexibility index (Phi) is 4.32. The minimum Gasteiger partial charge on any atom is -0.352 e. The molecule has 98 valence electrons. The van der Waals surface area contributed by atoms with Crippen LogP contribution < -0.4 is 5.32 Å². The lowest BCUT2D eigenvalue weighted by atomic mass is 10.1. The molecular weight excluding hydrogens is 304 g/mol. The van der Waals surface area contributed by atoms with E-state index in [-0.39, 0.29) is 28.8 Å². The Morgan fingerprint density at radius 3 is 2.56 bits per heavy atom. The van der Waals surface area contributed by atoms with Gasteiger partial charge in [0, 0.05) is 16.4 Å². The van der Waals surface area contributed by atoms with Crippen LogP contribution in [-0.2, 0) is 11.2 Å². The molecule has 1 N–H and O–H groups in total. The number of hydrogen-bond acceptors (Lipinski definition) is 1. The van der Waals surface area contributed by atoms with Crippen LogP contribution in [0.5, 0.6) is 0 Å². The number of alkyl halides is 1. The van der Waals surface area contributed by atoms with E-state index < -0.39 is 11.6 Å². The SMILES string of the molecule is O=C(Cc1c(F)cccc1F)NC1CCCC1Br. The normalized spacial score (nSPS) is 23.1. The molecule has 0 radical (unpaired) electrons. The van der Waals surface area contributed by atoms with Crippen molar-refractivity contribution in [2.24, 2.45) is 0 Å². The summed E-state index contributed by atoms with van der Waals surface area (Å²) < 4.78 is 26.7. The highest BCUT2D eigenvalue weighted by molar-refractivity contribution is 9.09. The van der Waals surface area contributed by atoms with Gasteiger partial charge in [-0.15, -0.1) is 0 Å². The van der Waals surface area contributed by atoms with E-state index in [1.54, 1.807) is 0 Å². The van der Waals surface area contributed by atoms with Crippen LogP contribution in [0.2, 0.25) is 0 Å². The molecule has 0 spiro atoms. The molecule has 0 bridgehead atoms. The smallest absolute Gasteiger partial charge is 0.224 e. The van der Waals surface area contributed by atoms with Gasteiger partial charge in [0.05, 0.1) is 6.42 Å². The molecule has 1 aromatic rings. The molecule has 2 rings (SSSR count). The summed E-state index contributed by atoms with van der Waals surface area (Å²) in [6.45, 7) is 0. The molecule has 0 heterocycles. The van der Waals surface area contributed by atoms with Gasteiger partial charge < -0.3 is 5.32 Å². The Bertz CT molecular complexity index is 432. The minimum absolute atomic E-state index is 0.0623. The number of carbonyl (C=O) groups is 1. The monoisotopic (exact) mass is 317 g/mol. The summed E-state index contributed by atoms with van der Waals surface area (Å²) in [6.07, 6.45) is 2.71. The Morgan fingerprint density at radius 2 is 2.00 bits per heavy atom. The number of halogens is 3. The number of benzene rings is 1. The highest BCUT2D eigenvalue weighted by Gasteiger charge is 2.26. The van der Waals surface area contributed by atoms with Gasteiger partial charge in [0.25, 0.3) is 0 Å². The molecule has 2 unspecified atom stereocenters. The first kappa shape index (κ1) is 13.5. The van der Waals surface area contributed by atoms with Crippen molar-refractivity contribution in [3.63, 3.8) is 0 Å². The maximum atomic E-state index is 13.4. The Hall–Kier alpha value is -0.970. The van der Waals surface area contributed by atoms with Gasteiger partial charge in [-0.05, 0) is 25.0 Å². The Morgan fingerprint density at radius 1 is 1.33 bits per heavy atom. The molecule has 2 atom stereocenters. The molecule has 18 heavy (non-hydrogen) atoms. The van der Waals surface area contributed by atoms with E-state index in [0.29, 0.717) is 0 Å². The van der Waals surface area contributed by atoms with E-state index >= 15 is 0 Å². The zero-order valence-corrected chi connectivity index (χ0v) is 11.3. The van der Waals surface area contributed by atoms with E-state index in [2.05, 4.69) is 21.2 Å². The van der Waals surface area contributed by atoms with Crippen molar-refractivity contribution in [3.05, 3.63) is 35.4 Å². The predicted molar refractivity (Wildman–Crippen MR) is 68.6 cm³/mol. The fourth-order valence-corrected chi connectivity index (χ4v) is 2.92. The van der Waals surface area contributed by atoms with Crippen molar-refractivity contribution in [1.29, 1.82) is 0 Å². The number of nitrogens with one attached hydrogen (secondary N) is 1. The highest BCUT2D eigenvalue weighted by Crippen LogP contribution is 2.25. The van der Waals surface area contributed by atoms with Crippen LogP contribution >= 0.6 is 15.9 Å². The molecule has 0 aromatic heterocycles. The molecule has 1 fully saturated rings. The van der Waals surface area contributed by atoms with Crippen molar-refractivity contribution >= 4 is 21.8 Å². The third kappa shape index (κ3) is 3.07. The number of carbonyl (C=O) groups excluding carboxylic acids is 1. The first-order valence-corrected chi connectivity index (χ1v) is 6.86. The summed E-state index contributed by atoms with van der Waals surface area (Å²) in [5, 5.41) is 2.81. The number of amides is 1. The lowest BCUT2D eigenvalue weighted by molar-refractivity contribution is -0.121. The van der Waals surface area contributed by atoms with Crippen LogP contribution in [0.15, 0.2) is 18.2 Å². The van der Waals surface area contributed by atoms with Crippen LogP contribution in [0.25, 0.3) is 0 Å². The summed E-state index contributed by atoms with van der Waals surface area (Å²) in [5.74, 6) is -1.69. The fourth-order valence-electron chi connectivity index (χ4n) is 2.20. The molecule has 2 nitrogen and oxygen atoms in total. The van der Waals surface area contributed by atoms with Crippen LogP contribution in [0.1, 0.15) is 24.8 Å². The molecule has 1 aromatic carbocycles. The quantitative estimate of drug-likeness (QED) is 0.853. The maximum absolute atomic E-state index is 13.4. The minimum atomic E-state index is -0.674. The molecule has 0 saturated heterocycles. The predicted octanol–water partition coefficient (Wildman–Crippen LogP) is 2.94. The molecular formula is C13H14BrF2NO. The summed E-state index contributed by atoms with van der Waals surface area (Å²) >= 11 is 3.48. The fraction of sp³-hybridized carbons (Fsp3) is 0.462. The van der Waals surface area contributed by atoms with Gasteiger partial charge >= 0.3 is 0 Å². The largest absolute Gasteiger partial charge is 0.352 e. The maximum Gasteiger partial charge on any atom is 0.224 e. The topological polar surface area (TPSA) is 29.1 Å². The van der Waals surface area contributed by atoms with E-state index in [4.69, 9.17) is 0 Å². The highest BCUT2D eigenvalue weighted by atomic mass is 79.9. The third-order valence-electron chi connectivity index (χ3n) is 3.18. The van der Waals surface area contributed by atoms with E-state index in [9.17, 15) is 13.6 Å². The first-order chi connectivity index (χ1) is 8.58. The van der Waals surface area contributed by atoms with Crippen molar-refractivity contribution in [2.75, 3.05) is 0 Å². The second-order valence-corrected chi connectivity index (χ2v) is 5.67. The van der Waals surface area contributed by atoms with Gasteiger partial charge in [-0.3, -0.25) is 4.79 Å². The van der Waals surface area contributed by atoms with Gasteiger partial charge in [0.1, 0.15) is 11.6 Å². The van der Waals surface area contributed by atoms with Crippen molar-refractivity contribution < 1.29 is 13.6 Å². The van der Waals surface area contributed by atoms with Crippen LogP contribution in [0.4, 0.5) is 8.78 Å². The lowest BCUT2D eigenvalue weighted by Crippen LogP contribution is -2.38. The van der Waals surface area contributed by atoms with Crippen LogP contribution in [0, 0.1) is 11.6 Å². The number of hydrogen-bond donors (Lipinski definition) is 1. The molecule has 1 amide bonds. The zero-order valence-electron chi connectivity index (χ0n) is 9.76. The lowest BCUT2D eigenvalue weighted by Gasteiger charge is -2.16. The van der Waals surface area contributed by atoms with Gasteiger partial charge in [0.15, 0.2) is 0 Å². The van der Waals surface area contributed by atoms with Crippen molar-refractivity contribution in [2.45, 2.75) is 36.6 Å². The van der Waals surface area contributed by atoms with Gasteiger partial charge in [-0.25, -0.2) is 8.78 Å². The molecule has 1 saturated carbocycles. The summed E-state index contributed by atoms with van der Waals surface area (Å²) in [5.41, 5.74) is -0.167. The van der Waals surface area contributed by atoms with Crippen LogP contribution in [0.3, 0.4) is 0 Å². The molecule has 5 heteroatoms. The summed E-state index contributed by atoms with van der Waals surface area (Å²) in [4.78, 5) is 12.0. The van der Waals surface area contributed by atoms with Gasteiger partial charge in [-0.1, -0.05) is 28.4 Å². The van der Waals surface area contributed by atoms with Crippen molar-refractivity contribution in [1.82, 2.24) is 5.32 Å². The average Bonchev–Trinajstić information content (AvgIpc) is 2.70. The standard InChI is InChI=1S/C13H14BrF2NO/c14-9-3-1-6-12(9)17-13(18)7-8-10(15)4-2-5-11(8)16/h2,4-5,9,12H,1,3,6-7H2,(H,17,18). The van der Waals surface area contributed by atoms with Crippen molar-refractivity contribution in [3.8, 4) is 0 Å². The van der Waals surface area contributed by atoms with E-state index in [1.165, 1.54) is 6.07 Å². The molecule has 1 aliphatic carbocycles. The Balaban J connectivity index is 1.99. The first-order valence-electron chi connectivity index (χ1n) is 5.94. The molecule has 1 aliphatic rings. The van der Waals surface area contributed by atoms with E-state index in [0.717, 1.165) is 31.4 Å². The van der Waals surface area contributed by atoms with Gasteiger partial charge in [-0.2, -0.15) is 0 Å². The molecule has 0 aliphatic heterocycles. The third-order valence-corrected chi connectivity index (χ3v) is 4.27. The van der Waals surface area contributed by atoms with Gasteiger partial charge in [0.2, 0.25) is 5.91 Å². The second kappa shape index (κ2) is 5.78. The van der Waals surface area contributed by atoms with Crippen LogP contribution in [-0.4, -0.2) is 16.8 Å². The Labute approximate surface area is 113 Å². The summed E-state index contributed by atoms with van der Waals surface area (Å²) in [7, 11) is 0.